The van der Waals surface area contributed by atoms with E-state index in [9.17, 15) is 18.0 Å². The third-order valence-electron chi connectivity index (χ3n) is 1.98. The number of halogens is 3. The van der Waals surface area contributed by atoms with Gasteiger partial charge < -0.3 is 15.2 Å². The van der Waals surface area contributed by atoms with Gasteiger partial charge in [-0.15, -0.1) is 0 Å². The first-order chi connectivity index (χ1) is 6.87. The molecule has 0 bridgehead atoms. The first-order valence-corrected chi connectivity index (χ1v) is 4.49. The van der Waals surface area contributed by atoms with E-state index in [1.807, 2.05) is 0 Å². The smallest absolute Gasteiger partial charge is 0.393 e. The molecule has 0 aromatic carbocycles. The van der Waals surface area contributed by atoms with Gasteiger partial charge in [-0.1, -0.05) is 0 Å². The van der Waals surface area contributed by atoms with Crippen molar-refractivity contribution in [2.24, 2.45) is 0 Å². The number of aliphatic hydroxyl groups is 1. The van der Waals surface area contributed by atoms with Gasteiger partial charge in [-0.3, -0.25) is 4.79 Å². The molecule has 88 valence electrons. The molecule has 1 saturated carbocycles. The second-order valence-corrected chi connectivity index (χ2v) is 3.50. The van der Waals surface area contributed by atoms with E-state index in [2.05, 4.69) is 10.1 Å². The van der Waals surface area contributed by atoms with Crippen molar-refractivity contribution in [2.45, 2.75) is 31.2 Å². The van der Waals surface area contributed by atoms with Crippen LogP contribution in [0.25, 0.3) is 0 Å². The Hall–Kier alpha value is -0.820. The normalized spacial score (nSPS) is 25.9. The summed E-state index contributed by atoms with van der Waals surface area (Å²) in [7, 11) is 0. The summed E-state index contributed by atoms with van der Waals surface area (Å²) in [6, 6.07) is -0.137. The van der Waals surface area contributed by atoms with E-state index in [4.69, 9.17) is 5.11 Å². The van der Waals surface area contributed by atoms with Gasteiger partial charge in [-0.05, 0) is 12.8 Å². The average Bonchev–Trinajstić information content (AvgIpc) is 1.98. The molecule has 0 heterocycles. The van der Waals surface area contributed by atoms with Gasteiger partial charge in [0.1, 0.15) is 13.2 Å². The Bertz CT molecular complexity index is 226. The van der Waals surface area contributed by atoms with Gasteiger partial charge in [-0.25, -0.2) is 0 Å². The lowest BCUT2D eigenvalue weighted by Gasteiger charge is -2.31. The van der Waals surface area contributed by atoms with E-state index in [0.29, 0.717) is 12.8 Å². The molecule has 1 aliphatic carbocycles. The van der Waals surface area contributed by atoms with Crippen LogP contribution in [-0.2, 0) is 9.53 Å². The SMILES string of the molecule is O=C(COCC(F)(F)F)NC1CC(O)C1. The van der Waals surface area contributed by atoms with Crippen LogP contribution < -0.4 is 5.32 Å². The van der Waals surface area contributed by atoms with Crippen molar-refractivity contribution >= 4 is 5.91 Å². The molecular weight excluding hydrogens is 215 g/mol. The Morgan fingerprint density at radius 1 is 1.47 bits per heavy atom. The minimum atomic E-state index is -4.41. The molecule has 1 rings (SSSR count). The van der Waals surface area contributed by atoms with E-state index in [1.165, 1.54) is 0 Å². The van der Waals surface area contributed by atoms with Gasteiger partial charge in [0, 0.05) is 6.04 Å². The third-order valence-corrected chi connectivity index (χ3v) is 1.98. The predicted octanol–water partition coefficient (Wildman–Crippen LogP) is 0.205. The number of nitrogens with one attached hydrogen (secondary N) is 1. The number of hydrogen-bond donors (Lipinski definition) is 2. The second kappa shape index (κ2) is 4.80. The first-order valence-electron chi connectivity index (χ1n) is 4.49. The van der Waals surface area contributed by atoms with Crippen molar-refractivity contribution in [1.82, 2.24) is 5.32 Å². The summed E-state index contributed by atoms with van der Waals surface area (Å²) >= 11 is 0. The van der Waals surface area contributed by atoms with E-state index >= 15 is 0 Å². The summed E-state index contributed by atoms with van der Waals surface area (Å²) in [5.74, 6) is -0.587. The van der Waals surface area contributed by atoms with Crippen molar-refractivity contribution in [3.8, 4) is 0 Å². The van der Waals surface area contributed by atoms with Gasteiger partial charge >= 0.3 is 6.18 Å². The Kier molecular flexibility index (Phi) is 3.92. The van der Waals surface area contributed by atoms with Crippen LogP contribution in [0, 0.1) is 0 Å². The average molecular weight is 227 g/mol. The second-order valence-electron chi connectivity index (χ2n) is 3.50. The number of carbonyl (C=O) groups excluding carboxylic acids is 1. The highest BCUT2D eigenvalue weighted by Gasteiger charge is 2.30. The zero-order valence-electron chi connectivity index (χ0n) is 7.88. The molecule has 1 aliphatic rings. The molecule has 1 amide bonds. The van der Waals surface area contributed by atoms with Crippen molar-refractivity contribution in [3.05, 3.63) is 0 Å². The molecular formula is C8H12F3NO3. The van der Waals surface area contributed by atoms with Crippen LogP contribution in [0.1, 0.15) is 12.8 Å². The number of ether oxygens (including phenoxy) is 1. The molecule has 4 nitrogen and oxygen atoms in total. The minimum Gasteiger partial charge on any atom is -0.393 e. The van der Waals surface area contributed by atoms with Crippen LogP contribution in [0.5, 0.6) is 0 Å². The Balaban J connectivity index is 2.04. The van der Waals surface area contributed by atoms with E-state index in [-0.39, 0.29) is 6.04 Å². The van der Waals surface area contributed by atoms with Crippen LogP contribution in [0.2, 0.25) is 0 Å². The molecule has 1 fully saturated rings. The number of amides is 1. The molecule has 0 aromatic heterocycles. The van der Waals surface area contributed by atoms with Crippen molar-refractivity contribution in [2.75, 3.05) is 13.2 Å². The van der Waals surface area contributed by atoms with Crippen LogP contribution in [0.15, 0.2) is 0 Å². The highest BCUT2D eigenvalue weighted by molar-refractivity contribution is 5.77. The molecule has 15 heavy (non-hydrogen) atoms. The van der Waals surface area contributed by atoms with Crippen LogP contribution >= 0.6 is 0 Å². The van der Waals surface area contributed by atoms with E-state index in [0.717, 1.165) is 0 Å². The third kappa shape index (κ3) is 4.98. The Morgan fingerprint density at radius 2 is 2.07 bits per heavy atom. The maximum atomic E-state index is 11.6. The highest BCUT2D eigenvalue weighted by atomic mass is 19.4. The molecule has 0 aromatic rings. The van der Waals surface area contributed by atoms with Gasteiger partial charge in [0.25, 0.3) is 0 Å². The summed E-state index contributed by atoms with van der Waals surface area (Å²) in [5, 5.41) is 11.3. The summed E-state index contributed by atoms with van der Waals surface area (Å²) in [5.41, 5.74) is 0. The van der Waals surface area contributed by atoms with Gasteiger partial charge in [-0.2, -0.15) is 13.2 Å². The monoisotopic (exact) mass is 227 g/mol. The maximum Gasteiger partial charge on any atom is 0.411 e. The van der Waals surface area contributed by atoms with Crippen LogP contribution in [0.3, 0.4) is 0 Å². The zero-order chi connectivity index (χ0) is 11.5. The summed E-state index contributed by atoms with van der Waals surface area (Å²) in [6.45, 7) is -2.03. The van der Waals surface area contributed by atoms with Gasteiger partial charge in [0.2, 0.25) is 5.91 Å². The fourth-order valence-electron chi connectivity index (χ4n) is 1.23. The fraction of sp³-hybridized carbons (Fsp3) is 0.875. The number of aliphatic hydroxyl groups excluding tert-OH is 1. The molecule has 0 aliphatic heterocycles. The number of hydrogen-bond acceptors (Lipinski definition) is 3. The minimum absolute atomic E-state index is 0.137. The van der Waals surface area contributed by atoms with Gasteiger partial charge in [0.15, 0.2) is 0 Å². The quantitative estimate of drug-likeness (QED) is 0.721. The molecule has 0 radical (unpaired) electrons. The van der Waals surface area contributed by atoms with Crippen molar-refractivity contribution in [1.29, 1.82) is 0 Å². The molecule has 0 saturated heterocycles. The molecule has 2 N–H and O–H groups in total. The molecule has 0 unspecified atom stereocenters. The molecule has 7 heteroatoms. The maximum absolute atomic E-state index is 11.6. The summed E-state index contributed by atoms with van der Waals surface area (Å²) in [4.78, 5) is 11.0. The lowest BCUT2D eigenvalue weighted by Crippen LogP contribution is -2.48. The molecule has 0 spiro atoms. The lowest BCUT2D eigenvalue weighted by molar-refractivity contribution is -0.176. The lowest BCUT2D eigenvalue weighted by atomic mass is 9.89. The topological polar surface area (TPSA) is 58.6 Å². The highest BCUT2D eigenvalue weighted by Crippen LogP contribution is 2.19. The Labute approximate surface area is 84.4 Å². The van der Waals surface area contributed by atoms with Crippen molar-refractivity contribution in [3.63, 3.8) is 0 Å². The Morgan fingerprint density at radius 3 is 2.53 bits per heavy atom. The zero-order valence-corrected chi connectivity index (χ0v) is 7.88. The number of alkyl halides is 3. The summed E-state index contributed by atoms with van der Waals surface area (Å²) in [6.07, 6.45) is -3.92. The number of rotatable bonds is 4. The van der Waals surface area contributed by atoms with E-state index in [1.54, 1.807) is 0 Å². The van der Waals surface area contributed by atoms with Crippen molar-refractivity contribution < 1.29 is 27.8 Å². The number of carbonyl (C=O) groups is 1. The largest absolute Gasteiger partial charge is 0.411 e. The summed E-state index contributed by atoms with van der Waals surface area (Å²) < 4.78 is 39.0. The van der Waals surface area contributed by atoms with E-state index < -0.39 is 31.4 Å². The first kappa shape index (κ1) is 12.3. The standard InChI is InChI=1S/C8H12F3NO3/c9-8(10,11)4-15-3-7(14)12-5-1-6(13)2-5/h5-6,13H,1-4H2,(H,12,14). The van der Waals surface area contributed by atoms with Crippen LogP contribution in [0.4, 0.5) is 13.2 Å². The predicted molar refractivity (Wildman–Crippen MR) is 44.0 cm³/mol. The van der Waals surface area contributed by atoms with Gasteiger partial charge in [0.05, 0.1) is 6.10 Å². The molecule has 0 atom stereocenters. The fourth-order valence-corrected chi connectivity index (χ4v) is 1.23. The van der Waals surface area contributed by atoms with Crippen LogP contribution in [-0.4, -0.2) is 42.5 Å².